The van der Waals surface area contributed by atoms with Crippen molar-refractivity contribution in [2.75, 3.05) is 44.3 Å². The van der Waals surface area contributed by atoms with E-state index in [0.717, 1.165) is 63.8 Å². The molecule has 0 bridgehead atoms. The lowest BCUT2D eigenvalue weighted by Crippen LogP contribution is -2.36. The number of rotatable bonds is 4. The van der Waals surface area contributed by atoms with Gasteiger partial charge in [0.1, 0.15) is 0 Å². The molecule has 3 aromatic heterocycles. The molecular formula is C25H28F6N6O5. The largest absolute Gasteiger partial charge is 0.490 e. The molecule has 2 fully saturated rings. The maximum Gasteiger partial charge on any atom is 0.490 e. The van der Waals surface area contributed by atoms with Crippen LogP contribution in [0, 0.1) is 0 Å². The topological polar surface area (TPSA) is 133 Å². The molecule has 5 rings (SSSR count). The molecule has 0 aliphatic carbocycles. The number of carboxylic acid groups (broad SMARTS) is 2. The van der Waals surface area contributed by atoms with Gasteiger partial charge in [-0.3, -0.25) is 9.88 Å². The molecule has 11 nitrogen and oxygen atoms in total. The van der Waals surface area contributed by atoms with Gasteiger partial charge in [0.15, 0.2) is 11.5 Å². The highest BCUT2D eigenvalue weighted by atomic mass is 19.4. The second kappa shape index (κ2) is 14.3. The molecule has 2 saturated heterocycles. The minimum atomic E-state index is -5.08. The van der Waals surface area contributed by atoms with Crippen LogP contribution < -0.4 is 4.90 Å². The molecule has 2 aliphatic rings. The first-order valence-electron chi connectivity index (χ1n) is 12.6. The summed E-state index contributed by atoms with van der Waals surface area (Å²) in [7, 11) is 0. The van der Waals surface area contributed by atoms with Gasteiger partial charge >= 0.3 is 24.3 Å². The molecule has 0 amide bonds. The Bertz CT molecular complexity index is 1290. The quantitative estimate of drug-likeness (QED) is 0.425. The highest BCUT2D eigenvalue weighted by Crippen LogP contribution is 2.27. The van der Waals surface area contributed by atoms with Gasteiger partial charge in [-0.1, -0.05) is 0 Å². The van der Waals surface area contributed by atoms with Crippen LogP contribution in [0.1, 0.15) is 30.1 Å². The standard InChI is InChI=1S/C21H26N6O.2C2HF3O2/c1-2-18(15-25(9-1)14-17-5-7-22-8-6-17)21-23-20-4-3-19(16-27(20)24-21)26-10-12-28-13-11-26;2*3-2(4,5)1(6)7/h3-8,16,18H,1-2,9-15H2;2*(H,6,7). The van der Waals surface area contributed by atoms with Gasteiger partial charge in [-0.05, 0) is 49.2 Å². The number of alkyl halides is 6. The van der Waals surface area contributed by atoms with Crippen molar-refractivity contribution in [1.82, 2.24) is 24.5 Å². The Morgan fingerprint density at radius 2 is 1.52 bits per heavy atom. The summed E-state index contributed by atoms with van der Waals surface area (Å²) in [5, 5.41) is 19.1. The summed E-state index contributed by atoms with van der Waals surface area (Å²) in [6.45, 7) is 6.54. The van der Waals surface area contributed by atoms with Crippen molar-refractivity contribution in [1.29, 1.82) is 0 Å². The third kappa shape index (κ3) is 9.83. The number of halogens is 6. The molecule has 17 heteroatoms. The van der Waals surface area contributed by atoms with Crippen LogP contribution in [0.5, 0.6) is 0 Å². The van der Waals surface area contributed by atoms with Crippen LogP contribution >= 0.6 is 0 Å². The van der Waals surface area contributed by atoms with Gasteiger partial charge in [-0.15, -0.1) is 0 Å². The average Bonchev–Trinajstić information content (AvgIpc) is 3.38. The zero-order chi connectivity index (χ0) is 30.9. The van der Waals surface area contributed by atoms with Crippen LogP contribution in [-0.2, 0) is 20.9 Å². The highest BCUT2D eigenvalue weighted by Gasteiger charge is 2.38. The molecule has 5 heterocycles. The molecule has 42 heavy (non-hydrogen) atoms. The van der Waals surface area contributed by atoms with Crippen LogP contribution in [0.2, 0.25) is 0 Å². The number of hydrogen-bond donors (Lipinski definition) is 2. The minimum Gasteiger partial charge on any atom is -0.475 e. The van der Waals surface area contributed by atoms with E-state index < -0.39 is 24.3 Å². The molecule has 0 aromatic carbocycles. The fourth-order valence-corrected chi connectivity index (χ4v) is 4.23. The Labute approximate surface area is 235 Å². The Balaban J connectivity index is 0.000000289. The van der Waals surface area contributed by atoms with E-state index in [4.69, 9.17) is 34.6 Å². The molecule has 0 spiro atoms. The Morgan fingerprint density at radius 1 is 0.929 bits per heavy atom. The van der Waals surface area contributed by atoms with Crippen LogP contribution in [0.15, 0.2) is 42.9 Å². The molecule has 1 unspecified atom stereocenters. The number of aromatic nitrogens is 4. The molecule has 0 radical (unpaired) electrons. The van der Waals surface area contributed by atoms with Crippen molar-refractivity contribution in [2.45, 2.75) is 37.7 Å². The smallest absolute Gasteiger partial charge is 0.475 e. The van der Waals surface area contributed by atoms with Gasteiger partial charge in [0.05, 0.1) is 25.1 Å². The van der Waals surface area contributed by atoms with Gasteiger partial charge in [-0.25, -0.2) is 19.1 Å². The Kier molecular flexibility index (Phi) is 11.0. The van der Waals surface area contributed by atoms with Crippen molar-refractivity contribution < 1.29 is 50.9 Å². The second-order valence-electron chi connectivity index (χ2n) is 9.30. The van der Waals surface area contributed by atoms with E-state index in [0.29, 0.717) is 5.92 Å². The number of carboxylic acids is 2. The van der Waals surface area contributed by atoms with E-state index >= 15 is 0 Å². The molecule has 230 valence electrons. The second-order valence-corrected chi connectivity index (χ2v) is 9.30. The number of piperidine rings is 1. The molecule has 2 N–H and O–H groups in total. The minimum absolute atomic E-state index is 0.391. The van der Waals surface area contributed by atoms with Crippen molar-refractivity contribution in [3.8, 4) is 0 Å². The Morgan fingerprint density at radius 3 is 2.10 bits per heavy atom. The van der Waals surface area contributed by atoms with Gasteiger partial charge in [-0.2, -0.15) is 31.4 Å². The van der Waals surface area contributed by atoms with E-state index in [9.17, 15) is 26.3 Å². The third-order valence-corrected chi connectivity index (χ3v) is 6.22. The first kappa shape index (κ1) is 32.5. The van der Waals surface area contributed by atoms with Crippen LogP contribution in [0.4, 0.5) is 32.0 Å². The third-order valence-electron chi connectivity index (χ3n) is 6.22. The van der Waals surface area contributed by atoms with E-state index in [1.807, 2.05) is 16.9 Å². The molecule has 1 atom stereocenters. The monoisotopic (exact) mass is 606 g/mol. The fourth-order valence-electron chi connectivity index (χ4n) is 4.23. The number of nitrogens with zero attached hydrogens (tertiary/aromatic N) is 6. The molecular weight excluding hydrogens is 578 g/mol. The summed E-state index contributed by atoms with van der Waals surface area (Å²) >= 11 is 0. The SMILES string of the molecule is O=C(O)C(F)(F)F.O=C(O)C(F)(F)F.c1cc(CN2CCCC(c3nc4ccc(N5CCOCC5)cn4n3)C2)ccn1. The lowest BCUT2D eigenvalue weighted by atomic mass is 9.97. The maximum absolute atomic E-state index is 10.6. The number of likely N-dealkylation sites (tertiary alicyclic amines) is 1. The van der Waals surface area contributed by atoms with Gasteiger partial charge in [0.2, 0.25) is 0 Å². The van der Waals surface area contributed by atoms with Crippen molar-refractivity contribution in [3.05, 3.63) is 54.2 Å². The number of pyridine rings is 2. The van der Waals surface area contributed by atoms with Crippen LogP contribution in [0.25, 0.3) is 5.65 Å². The van der Waals surface area contributed by atoms with Gasteiger partial charge in [0, 0.05) is 44.5 Å². The summed E-state index contributed by atoms with van der Waals surface area (Å²) in [6.07, 6.45) is -1.99. The normalized spacial score (nSPS) is 18.0. The summed E-state index contributed by atoms with van der Waals surface area (Å²) < 4.78 is 70.9. The van der Waals surface area contributed by atoms with Gasteiger partial charge in [0.25, 0.3) is 0 Å². The van der Waals surface area contributed by atoms with E-state index in [1.54, 1.807) is 0 Å². The number of carbonyl (C=O) groups is 2. The number of aliphatic carboxylic acids is 2. The lowest BCUT2D eigenvalue weighted by molar-refractivity contribution is -0.193. The predicted molar refractivity (Wildman–Crippen MR) is 135 cm³/mol. The number of fused-ring (bicyclic) bond motifs is 1. The molecule has 0 saturated carbocycles. The van der Waals surface area contributed by atoms with Crippen LogP contribution in [0.3, 0.4) is 0 Å². The van der Waals surface area contributed by atoms with Crippen molar-refractivity contribution in [3.63, 3.8) is 0 Å². The fraction of sp³-hybridized carbons (Fsp3) is 0.480. The predicted octanol–water partition coefficient (Wildman–Crippen LogP) is 3.61. The van der Waals surface area contributed by atoms with E-state index in [1.165, 1.54) is 17.7 Å². The maximum atomic E-state index is 10.6. The average molecular weight is 607 g/mol. The van der Waals surface area contributed by atoms with Crippen molar-refractivity contribution >= 4 is 23.3 Å². The number of ether oxygens (including phenoxy) is 1. The first-order valence-corrected chi connectivity index (χ1v) is 12.6. The molecule has 3 aromatic rings. The highest BCUT2D eigenvalue weighted by molar-refractivity contribution is 5.73. The van der Waals surface area contributed by atoms with E-state index in [2.05, 4.69) is 45.2 Å². The number of anilines is 1. The van der Waals surface area contributed by atoms with Gasteiger partial charge < -0.3 is 19.8 Å². The number of hydrogen-bond acceptors (Lipinski definition) is 8. The first-order chi connectivity index (χ1) is 19.7. The zero-order valence-electron chi connectivity index (χ0n) is 22.1. The zero-order valence-corrected chi connectivity index (χ0v) is 22.1. The van der Waals surface area contributed by atoms with E-state index in [-0.39, 0.29) is 0 Å². The summed E-state index contributed by atoms with van der Waals surface area (Å²) in [5.41, 5.74) is 3.43. The lowest BCUT2D eigenvalue weighted by Gasteiger charge is -2.31. The molecule has 2 aliphatic heterocycles. The summed E-state index contributed by atoms with van der Waals surface area (Å²) in [6, 6.07) is 8.43. The van der Waals surface area contributed by atoms with Crippen LogP contribution in [-0.4, -0.2) is 98.4 Å². The summed E-state index contributed by atoms with van der Waals surface area (Å²) in [4.78, 5) is 31.6. The summed E-state index contributed by atoms with van der Waals surface area (Å²) in [5.74, 6) is -4.15. The Hall–Kier alpha value is -3.99. The number of morpholine rings is 1. The van der Waals surface area contributed by atoms with Crippen molar-refractivity contribution in [2.24, 2.45) is 0 Å².